The van der Waals surface area contributed by atoms with E-state index in [0.717, 1.165) is 35.6 Å². The van der Waals surface area contributed by atoms with Crippen LogP contribution in [0.4, 0.5) is 0 Å². The van der Waals surface area contributed by atoms with Crippen molar-refractivity contribution in [1.29, 1.82) is 0 Å². The number of hydrogen-bond donors (Lipinski definition) is 0. The molecule has 0 atom stereocenters. The van der Waals surface area contributed by atoms with Crippen LogP contribution in [0, 0.1) is 25.7 Å². The lowest BCUT2D eigenvalue weighted by atomic mass is 9.77. The number of rotatable bonds is 4. The van der Waals surface area contributed by atoms with E-state index in [1.807, 2.05) is 19.1 Å². The van der Waals surface area contributed by atoms with E-state index >= 15 is 0 Å². The smallest absolute Gasteiger partial charge is 0.169 e. The lowest BCUT2D eigenvalue weighted by Gasteiger charge is -2.27. The van der Waals surface area contributed by atoms with Crippen LogP contribution in [0.1, 0.15) is 60.5 Å². The first-order valence-corrected chi connectivity index (χ1v) is 7.76. The van der Waals surface area contributed by atoms with Crippen LogP contribution in [0.15, 0.2) is 12.1 Å². The number of methoxy groups -OCH3 is 1. The number of benzene rings is 1. The Morgan fingerprint density at radius 3 is 2.40 bits per heavy atom. The highest BCUT2D eigenvalue weighted by atomic mass is 16.5. The Kier molecular flexibility index (Phi) is 4.85. The maximum absolute atomic E-state index is 12.8. The molecule has 2 heteroatoms. The third kappa shape index (κ3) is 2.89. The summed E-state index contributed by atoms with van der Waals surface area (Å²) in [7, 11) is 1.66. The summed E-state index contributed by atoms with van der Waals surface area (Å²) >= 11 is 0. The molecule has 0 spiro atoms. The summed E-state index contributed by atoms with van der Waals surface area (Å²) in [6.07, 6.45) is 5.70. The van der Waals surface area contributed by atoms with E-state index in [2.05, 4.69) is 13.8 Å². The normalized spacial score (nSPS) is 22.6. The van der Waals surface area contributed by atoms with Gasteiger partial charge in [0, 0.05) is 5.92 Å². The molecular weight excluding hydrogens is 248 g/mol. The molecule has 0 aromatic heterocycles. The van der Waals surface area contributed by atoms with Crippen LogP contribution in [0.3, 0.4) is 0 Å². The van der Waals surface area contributed by atoms with Gasteiger partial charge in [-0.3, -0.25) is 4.79 Å². The lowest BCUT2D eigenvalue weighted by molar-refractivity contribution is 0.0868. The minimum atomic E-state index is 0.189. The van der Waals surface area contributed by atoms with Crippen LogP contribution in [-0.4, -0.2) is 12.9 Å². The van der Waals surface area contributed by atoms with Gasteiger partial charge in [0.1, 0.15) is 5.75 Å². The molecule has 0 radical (unpaired) electrons. The van der Waals surface area contributed by atoms with Gasteiger partial charge in [0.2, 0.25) is 0 Å². The second-order valence-corrected chi connectivity index (χ2v) is 6.08. The van der Waals surface area contributed by atoms with Crippen LogP contribution in [0.2, 0.25) is 0 Å². The minimum absolute atomic E-state index is 0.189. The van der Waals surface area contributed by atoms with E-state index in [1.165, 1.54) is 24.8 Å². The van der Waals surface area contributed by atoms with E-state index in [-0.39, 0.29) is 11.7 Å². The van der Waals surface area contributed by atoms with Crippen molar-refractivity contribution in [3.63, 3.8) is 0 Å². The van der Waals surface area contributed by atoms with Gasteiger partial charge in [-0.05, 0) is 62.6 Å². The van der Waals surface area contributed by atoms with Crippen molar-refractivity contribution in [1.82, 2.24) is 0 Å². The molecule has 110 valence electrons. The number of carbonyl (C=O) groups excluding carboxylic acids is 1. The van der Waals surface area contributed by atoms with Gasteiger partial charge >= 0.3 is 0 Å². The predicted molar refractivity (Wildman–Crippen MR) is 82.5 cm³/mol. The van der Waals surface area contributed by atoms with Crippen molar-refractivity contribution in [3.8, 4) is 5.75 Å². The lowest BCUT2D eigenvalue weighted by Crippen LogP contribution is -2.22. The first-order valence-electron chi connectivity index (χ1n) is 7.76. The Labute approximate surface area is 122 Å². The Hall–Kier alpha value is -1.31. The highest BCUT2D eigenvalue weighted by molar-refractivity contribution is 6.00. The monoisotopic (exact) mass is 274 g/mol. The zero-order valence-corrected chi connectivity index (χ0v) is 13.2. The molecule has 1 aliphatic carbocycles. The molecule has 0 heterocycles. The zero-order valence-electron chi connectivity index (χ0n) is 13.2. The molecule has 2 rings (SSSR count). The van der Waals surface area contributed by atoms with Crippen LogP contribution in [0.5, 0.6) is 5.75 Å². The molecule has 0 N–H and O–H groups in total. The first kappa shape index (κ1) is 15.1. The molecule has 1 fully saturated rings. The van der Waals surface area contributed by atoms with Crippen molar-refractivity contribution < 1.29 is 9.53 Å². The van der Waals surface area contributed by atoms with Crippen molar-refractivity contribution >= 4 is 5.78 Å². The maximum Gasteiger partial charge on any atom is 0.169 e. The summed E-state index contributed by atoms with van der Waals surface area (Å²) in [5.74, 6) is 2.06. The summed E-state index contributed by atoms with van der Waals surface area (Å²) in [5.41, 5.74) is 3.03. The topological polar surface area (TPSA) is 26.3 Å². The molecular formula is C18H26O2. The van der Waals surface area contributed by atoms with E-state index in [4.69, 9.17) is 4.74 Å². The molecule has 2 nitrogen and oxygen atoms in total. The second kappa shape index (κ2) is 6.43. The first-order chi connectivity index (χ1) is 9.58. The van der Waals surface area contributed by atoms with Gasteiger partial charge in [0.15, 0.2) is 5.78 Å². The van der Waals surface area contributed by atoms with Gasteiger partial charge in [-0.25, -0.2) is 0 Å². The van der Waals surface area contributed by atoms with Crippen molar-refractivity contribution in [2.24, 2.45) is 11.8 Å². The van der Waals surface area contributed by atoms with Gasteiger partial charge in [-0.15, -0.1) is 0 Å². The quantitative estimate of drug-likeness (QED) is 0.743. The number of ether oxygens (including phenoxy) is 1. The average molecular weight is 274 g/mol. The van der Waals surface area contributed by atoms with Crippen LogP contribution in [-0.2, 0) is 0 Å². The Morgan fingerprint density at radius 2 is 1.85 bits per heavy atom. The third-order valence-electron chi connectivity index (χ3n) is 4.94. The number of ketones is 1. The zero-order chi connectivity index (χ0) is 14.7. The van der Waals surface area contributed by atoms with E-state index in [1.54, 1.807) is 7.11 Å². The molecule has 20 heavy (non-hydrogen) atoms. The van der Waals surface area contributed by atoms with Gasteiger partial charge in [-0.1, -0.05) is 19.4 Å². The van der Waals surface area contributed by atoms with Crippen LogP contribution < -0.4 is 4.74 Å². The molecule has 0 saturated heterocycles. The molecule has 1 aromatic rings. The fourth-order valence-corrected chi connectivity index (χ4v) is 3.30. The molecule has 1 saturated carbocycles. The highest BCUT2D eigenvalue weighted by Gasteiger charge is 2.28. The molecule has 0 unspecified atom stereocenters. The fraction of sp³-hybridized carbons (Fsp3) is 0.611. The highest BCUT2D eigenvalue weighted by Crippen LogP contribution is 2.35. The Morgan fingerprint density at radius 1 is 1.20 bits per heavy atom. The summed E-state index contributed by atoms with van der Waals surface area (Å²) in [6.45, 7) is 6.33. The summed E-state index contributed by atoms with van der Waals surface area (Å²) in [4.78, 5) is 12.8. The Bertz CT molecular complexity index is 482. The van der Waals surface area contributed by atoms with Gasteiger partial charge in [0.05, 0.1) is 12.7 Å². The number of Topliss-reactive ketones (excluding diaryl/α,β-unsaturated/α-hetero) is 1. The molecule has 1 aromatic carbocycles. The maximum atomic E-state index is 12.8. The van der Waals surface area contributed by atoms with Gasteiger partial charge in [-0.2, -0.15) is 0 Å². The second-order valence-electron chi connectivity index (χ2n) is 6.08. The minimum Gasteiger partial charge on any atom is -0.496 e. The molecule has 0 bridgehead atoms. The van der Waals surface area contributed by atoms with Gasteiger partial charge in [0.25, 0.3) is 0 Å². The van der Waals surface area contributed by atoms with E-state index in [9.17, 15) is 4.79 Å². The average Bonchev–Trinajstić information content (AvgIpc) is 2.49. The standard InChI is InChI=1S/C18H26O2/c1-5-14-7-9-15(10-8-14)17(19)16-11-6-12(2)13(3)18(16)20-4/h6,11,14-15H,5,7-10H2,1-4H3. The Balaban J connectivity index is 2.20. The third-order valence-corrected chi connectivity index (χ3v) is 4.94. The van der Waals surface area contributed by atoms with Crippen LogP contribution in [0.25, 0.3) is 0 Å². The summed E-state index contributed by atoms with van der Waals surface area (Å²) in [5, 5.41) is 0. The summed E-state index contributed by atoms with van der Waals surface area (Å²) < 4.78 is 5.49. The van der Waals surface area contributed by atoms with Crippen molar-refractivity contribution in [3.05, 3.63) is 28.8 Å². The largest absolute Gasteiger partial charge is 0.496 e. The van der Waals surface area contributed by atoms with Crippen molar-refractivity contribution in [2.75, 3.05) is 7.11 Å². The number of carbonyl (C=O) groups is 1. The molecule has 0 aliphatic heterocycles. The fourth-order valence-electron chi connectivity index (χ4n) is 3.30. The van der Waals surface area contributed by atoms with Crippen molar-refractivity contribution in [2.45, 2.75) is 52.9 Å². The van der Waals surface area contributed by atoms with Gasteiger partial charge < -0.3 is 4.74 Å². The predicted octanol–water partition coefficient (Wildman–Crippen LogP) is 4.71. The van der Waals surface area contributed by atoms with E-state index in [0.29, 0.717) is 0 Å². The summed E-state index contributed by atoms with van der Waals surface area (Å²) in [6, 6.07) is 3.97. The molecule has 0 amide bonds. The van der Waals surface area contributed by atoms with Crippen LogP contribution >= 0.6 is 0 Å². The number of aryl methyl sites for hydroxylation is 1. The van der Waals surface area contributed by atoms with E-state index < -0.39 is 0 Å². The SMILES string of the molecule is CCC1CCC(C(=O)c2ccc(C)c(C)c2OC)CC1. The molecule has 1 aliphatic rings. The number of hydrogen-bond acceptors (Lipinski definition) is 2.